The molecule has 28 heavy (non-hydrogen) atoms. The van der Waals surface area contributed by atoms with Crippen LogP contribution in [0.1, 0.15) is 5.56 Å². The van der Waals surface area contributed by atoms with Gasteiger partial charge in [0.15, 0.2) is 5.65 Å². The van der Waals surface area contributed by atoms with Crippen molar-refractivity contribution in [2.75, 3.05) is 4.31 Å². The van der Waals surface area contributed by atoms with Gasteiger partial charge in [-0.2, -0.15) is 0 Å². The Kier molecular flexibility index (Phi) is 4.52. The van der Waals surface area contributed by atoms with Gasteiger partial charge >= 0.3 is 0 Å². The number of anilines is 1. The molecular formula is C19H14F2N4O2S. The van der Waals surface area contributed by atoms with Crippen LogP contribution in [0.3, 0.4) is 0 Å². The molecular weight excluding hydrogens is 386 g/mol. The van der Waals surface area contributed by atoms with Crippen molar-refractivity contribution < 1.29 is 17.2 Å². The standard InChI is InChI=1S/C19H14F2N4O2S/c20-15-4-6-17(7-5-15)25(11-14-2-1-3-16(21)10-14)28(26,27)18-8-9-19-23-22-13-24(19)12-18/h1-10,12-13H,11H2. The molecule has 6 nitrogen and oxygen atoms in total. The molecule has 0 aliphatic carbocycles. The van der Waals surface area contributed by atoms with Gasteiger partial charge in [-0.05, 0) is 54.1 Å². The summed E-state index contributed by atoms with van der Waals surface area (Å²) >= 11 is 0. The highest BCUT2D eigenvalue weighted by atomic mass is 32.2. The summed E-state index contributed by atoms with van der Waals surface area (Å²) in [4.78, 5) is 0.000489. The van der Waals surface area contributed by atoms with Gasteiger partial charge in [0.1, 0.15) is 22.9 Å². The molecule has 0 aliphatic heterocycles. The van der Waals surface area contributed by atoms with E-state index in [-0.39, 0.29) is 17.1 Å². The van der Waals surface area contributed by atoms with E-state index in [1.165, 1.54) is 71.5 Å². The Balaban J connectivity index is 1.81. The maximum absolute atomic E-state index is 13.6. The third kappa shape index (κ3) is 3.44. The second-order valence-electron chi connectivity index (χ2n) is 6.08. The van der Waals surface area contributed by atoms with Crippen LogP contribution in [-0.4, -0.2) is 23.0 Å². The van der Waals surface area contributed by atoms with Crippen LogP contribution in [0.2, 0.25) is 0 Å². The van der Waals surface area contributed by atoms with Gasteiger partial charge in [0.05, 0.1) is 12.2 Å². The zero-order chi connectivity index (χ0) is 19.7. The topological polar surface area (TPSA) is 67.6 Å². The van der Waals surface area contributed by atoms with Crippen LogP contribution in [0.25, 0.3) is 5.65 Å². The lowest BCUT2D eigenvalue weighted by atomic mass is 10.2. The molecule has 2 aromatic carbocycles. The summed E-state index contributed by atoms with van der Waals surface area (Å²) in [5.41, 5.74) is 1.21. The van der Waals surface area contributed by atoms with Crippen LogP contribution in [0, 0.1) is 11.6 Å². The highest BCUT2D eigenvalue weighted by Crippen LogP contribution is 2.26. The largest absolute Gasteiger partial charge is 0.288 e. The number of hydrogen-bond donors (Lipinski definition) is 0. The van der Waals surface area contributed by atoms with E-state index in [0.29, 0.717) is 11.2 Å². The number of fused-ring (bicyclic) bond motifs is 1. The van der Waals surface area contributed by atoms with Crippen LogP contribution in [-0.2, 0) is 16.6 Å². The molecule has 0 spiro atoms. The van der Waals surface area contributed by atoms with Gasteiger partial charge in [0.2, 0.25) is 0 Å². The Labute approximate surface area is 159 Å². The first-order chi connectivity index (χ1) is 13.4. The molecule has 9 heteroatoms. The maximum Gasteiger partial charge on any atom is 0.266 e. The van der Waals surface area contributed by atoms with Gasteiger partial charge in [0.25, 0.3) is 10.0 Å². The van der Waals surface area contributed by atoms with Crippen LogP contribution in [0.5, 0.6) is 0 Å². The van der Waals surface area contributed by atoms with E-state index in [4.69, 9.17) is 0 Å². The van der Waals surface area contributed by atoms with Crippen LogP contribution in [0.4, 0.5) is 14.5 Å². The normalized spacial score (nSPS) is 11.6. The summed E-state index contributed by atoms with van der Waals surface area (Å²) in [6, 6.07) is 13.7. The predicted molar refractivity (Wildman–Crippen MR) is 99.2 cm³/mol. The first kappa shape index (κ1) is 18.1. The lowest BCUT2D eigenvalue weighted by Crippen LogP contribution is -2.30. The van der Waals surface area contributed by atoms with Gasteiger partial charge < -0.3 is 0 Å². The van der Waals surface area contributed by atoms with E-state index in [2.05, 4.69) is 10.2 Å². The highest BCUT2D eigenvalue weighted by Gasteiger charge is 2.26. The summed E-state index contributed by atoms with van der Waals surface area (Å²) in [6.07, 6.45) is 2.79. The minimum atomic E-state index is -4.04. The molecule has 0 unspecified atom stereocenters. The van der Waals surface area contributed by atoms with Crippen molar-refractivity contribution in [2.24, 2.45) is 0 Å². The number of hydrogen-bond acceptors (Lipinski definition) is 4. The van der Waals surface area contributed by atoms with Gasteiger partial charge in [0, 0.05) is 6.20 Å². The van der Waals surface area contributed by atoms with Gasteiger partial charge in [-0.1, -0.05) is 12.1 Å². The van der Waals surface area contributed by atoms with Crippen molar-refractivity contribution in [3.63, 3.8) is 0 Å². The van der Waals surface area contributed by atoms with E-state index in [9.17, 15) is 17.2 Å². The smallest absolute Gasteiger partial charge is 0.266 e. The monoisotopic (exact) mass is 400 g/mol. The lowest BCUT2D eigenvalue weighted by Gasteiger charge is -2.25. The molecule has 0 bridgehead atoms. The van der Waals surface area contributed by atoms with Gasteiger partial charge in [-0.25, -0.2) is 17.2 Å². The zero-order valence-electron chi connectivity index (χ0n) is 14.4. The molecule has 0 atom stereocenters. The Bertz CT molecular complexity index is 1240. The van der Waals surface area contributed by atoms with Crippen LogP contribution in [0.15, 0.2) is 78.1 Å². The molecule has 2 heterocycles. The average Bonchev–Trinajstić information content (AvgIpc) is 3.15. The van der Waals surface area contributed by atoms with Crippen LogP contribution >= 0.6 is 0 Å². The van der Waals surface area contributed by atoms with Crippen molar-refractivity contribution in [1.29, 1.82) is 0 Å². The Morgan fingerprint density at radius 3 is 2.50 bits per heavy atom. The number of rotatable bonds is 5. The van der Waals surface area contributed by atoms with Crippen molar-refractivity contribution in [3.05, 3.63) is 90.4 Å². The molecule has 0 aliphatic rings. The number of halogens is 2. The SMILES string of the molecule is O=S(=O)(c1ccc2nncn2c1)N(Cc1cccc(F)c1)c1ccc(F)cc1. The van der Waals surface area contributed by atoms with Gasteiger partial charge in [-0.15, -0.1) is 10.2 Å². The van der Waals surface area contributed by atoms with E-state index in [1.54, 1.807) is 6.07 Å². The van der Waals surface area contributed by atoms with Gasteiger partial charge in [-0.3, -0.25) is 8.71 Å². The summed E-state index contributed by atoms with van der Waals surface area (Å²) in [5, 5.41) is 7.59. The fourth-order valence-electron chi connectivity index (χ4n) is 2.81. The summed E-state index contributed by atoms with van der Waals surface area (Å²) in [5.74, 6) is -0.961. The first-order valence-corrected chi connectivity index (χ1v) is 9.70. The van der Waals surface area contributed by atoms with Crippen molar-refractivity contribution in [3.8, 4) is 0 Å². The predicted octanol–water partition coefficient (Wildman–Crippen LogP) is 3.40. The van der Waals surface area contributed by atoms with Crippen molar-refractivity contribution >= 4 is 21.4 Å². The maximum atomic E-state index is 13.6. The number of aromatic nitrogens is 3. The second-order valence-corrected chi connectivity index (χ2v) is 7.94. The number of nitrogens with zero attached hydrogens (tertiary/aromatic N) is 4. The zero-order valence-corrected chi connectivity index (χ0v) is 15.2. The lowest BCUT2D eigenvalue weighted by molar-refractivity contribution is 0.588. The highest BCUT2D eigenvalue weighted by molar-refractivity contribution is 7.92. The third-order valence-corrected chi connectivity index (χ3v) is 5.94. The summed E-state index contributed by atoms with van der Waals surface area (Å²) < 4.78 is 56.3. The Morgan fingerprint density at radius 1 is 0.964 bits per heavy atom. The Morgan fingerprint density at radius 2 is 1.75 bits per heavy atom. The number of pyridine rings is 1. The third-order valence-electron chi connectivity index (χ3n) is 4.18. The molecule has 0 N–H and O–H groups in total. The quantitative estimate of drug-likeness (QED) is 0.515. The molecule has 0 saturated carbocycles. The molecule has 4 rings (SSSR count). The summed E-state index contributed by atoms with van der Waals surface area (Å²) in [7, 11) is -4.04. The Hall–Kier alpha value is -3.33. The van der Waals surface area contributed by atoms with Crippen molar-refractivity contribution in [2.45, 2.75) is 11.4 Å². The fraction of sp³-hybridized carbons (Fsp3) is 0.0526. The molecule has 0 fully saturated rings. The minimum absolute atomic E-state index is 0.000489. The number of sulfonamides is 1. The van der Waals surface area contributed by atoms with Crippen LogP contribution < -0.4 is 4.31 Å². The van der Waals surface area contributed by atoms with E-state index < -0.39 is 21.7 Å². The van der Waals surface area contributed by atoms with E-state index >= 15 is 0 Å². The van der Waals surface area contributed by atoms with E-state index in [0.717, 1.165) is 4.31 Å². The molecule has 4 aromatic rings. The van der Waals surface area contributed by atoms with E-state index in [1.807, 2.05) is 0 Å². The average molecular weight is 400 g/mol. The molecule has 142 valence electrons. The molecule has 0 radical (unpaired) electrons. The first-order valence-electron chi connectivity index (χ1n) is 8.26. The second kappa shape index (κ2) is 7.01. The minimum Gasteiger partial charge on any atom is -0.288 e. The molecule has 0 amide bonds. The molecule has 2 aromatic heterocycles. The number of benzene rings is 2. The van der Waals surface area contributed by atoms with Crippen molar-refractivity contribution in [1.82, 2.24) is 14.6 Å². The summed E-state index contributed by atoms with van der Waals surface area (Å²) in [6.45, 7) is -0.119. The fourth-order valence-corrected chi connectivity index (χ4v) is 4.27. The molecule has 0 saturated heterocycles.